The van der Waals surface area contributed by atoms with Gasteiger partial charge in [-0.25, -0.2) is 0 Å². The van der Waals surface area contributed by atoms with Gasteiger partial charge in [-0.3, -0.25) is 9.48 Å². The average Bonchev–Trinajstić information content (AvgIpc) is 2.90. The van der Waals surface area contributed by atoms with Gasteiger partial charge in [-0.2, -0.15) is 5.10 Å². The molecule has 1 unspecified atom stereocenters. The Kier molecular flexibility index (Phi) is 4.38. The van der Waals surface area contributed by atoms with Gasteiger partial charge >= 0.3 is 0 Å². The molecule has 0 saturated heterocycles. The number of nitrogens with zero attached hydrogens (tertiary/aromatic N) is 2. The molecule has 0 aliphatic carbocycles. The van der Waals surface area contributed by atoms with Gasteiger partial charge in [0.25, 0.3) is 0 Å². The first-order chi connectivity index (χ1) is 9.56. The highest BCUT2D eigenvalue weighted by atomic mass is 16.1. The van der Waals surface area contributed by atoms with Crippen molar-refractivity contribution in [2.45, 2.75) is 46.1 Å². The van der Waals surface area contributed by atoms with Gasteiger partial charge in [0.2, 0.25) is 0 Å². The number of hydrogen-bond donors (Lipinski definition) is 0. The standard InChI is InChI=1S/C17H22N2O/c1-5-13(4)19-10-16(11-20)17(18-19)15-8-6-14(7-9-15)12(2)3/h6-13H,5H2,1-4H3. The number of carbonyl (C=O) groups is 1. The molecule has 0 N–H and O–H groups in total. The molecule has 2 rings (SSSR count). The van der Waals surface area contributed by atoms with E-state index in [1.165, 1.54) is 5.56 Å². The number of carbonyl (C=O) groups excluding carboxylic acids is 1. The van der Waals surface area contributed by atoms with E-state index in [-0.39, 0.29) is 0 Å². The second-order valence-corrected chi connectivity index (χ2v) is 5.56. The van der Waals surface area contributed by atoms with Gasteiger partial charge in [0, 0.05) is 17.8 Å². The topological polar surface area (TPSA) is 34.9 Å². The minimum absolute atomic E-state index is 0.303. The van der Waals surface area contributed by atoms with Crippen LogP contribution in [0.2, 0.25) is 0 Å². The molecule has 1 aromatic carbocycles. The van der Waals surface area contributed by atoms with E-state index < -0.39 is 0 Å². The molecule has 0 amide bonds. The highest BCUT2D eigenvalue weighted by Crippen LogP contribution is 2.25. The van der Waals surface area contributed by atoms with Crippen molar-refractivity contribution in [3.05, 3.63) is 41.6 Å². The summed E-state index contributed by atoms with van der Waals surface area (Å²) >= 11 is 0. The molecule has 0 radical (unpaired) electrons. The summed E-state index contributed by atoms with van der Waals surface area (Å²) in [7, 11) is 0. The van der Waals surface area contributed by atoms with Crippen LogP contribution in [-0.2, 0) is 0 Å². The molecule has 20 heavy (non-hydrogen) atoms. The first kappa shape index (κ1) is 14.5. The van der Waals surface area contributed by atoms with Crippen LogP contribution in [0.25, 0.3) is 11.3 Å². The van der Waals surface area contributed by atoms with Crippen molar-refractivity contribution in [3.8, 4) is 11.3 Å². The Balaban J connectivity index is 2.40. The highest BCUT2D eigenvalue weighted by molar-refractivity contribution is 5.85. The van der Waals surface area contributed by atoms with Crippen LogP contribution in [0.1, 0.15) is 62.0 Å². The van der Waals surface area contributed by atoms with Gasteiger partial charge in [-0.15, -0.1) is 0 Å². The molecular formula is C17H22N2O. The Labute approximate surface area is 120 Å². The summed E-state index contributed by atoms with van der Waals surface area (Å²) in [6.45, 7) is 8.56. The van der Waals surface area contributed by atoms with Gasteiger partial charge in [0.1, 0.15) is 5.69 Å². The molecule has 0 aliphatic heterocycles. The fraction of sp³-hybridized carbons (Fsp3) is 0.412. The van der Waals surface area contributed by atoms with Crippen LogP contribution in [0.5, 0.6) is 0 Å². The van der Waals surface area contributed by atoms with Crippen molar-refractivity contribution in [1.82, 2.24) is 9.78 Å². The third-order valence-corrected chi connectivity index (χ3v) is 3.78. The van der Waals surface area contributed by atoms with Crippen LogP contribution in [0, 0.1) is 0 Å². The third-order valence-electron chi connectivity index (χ3n) is 3.78. The van der Waals surface area contributed by atoms with Gasteiger partial charge in [0.05, 0.1) is 5.56 Å². The molecule has 0 aliphatic rings. The summed E-state index contributed by atoms with van der Waals surface area (Å²) < 4.78 is 1.88. The molecule has 0 saturated carbocycles. The SMILES string of the molecule is CCC(C)n1cc(C=O)c(-c2ccc(C(C)C)cc2)n1. The maximum atomic E-state index is 11.2. The van der Waals surface area contributed by atoms with E-state index in [2.05, 4.69) is 44.9 Å². The maximum absolute atomic E-state index is 11.2. The lowest BCUT2D eigenvalue weighted by atomic mass is 10.00. The number of hydrogen-bond acceptors (Lipinski definition) is 2. The van der Waals surface area contributed by atoms with Crippen LogP contribution in [0.15, 0.2) is 30.5 Å². The Morgan fingerprint density at radius 1 is 1.20 bits per heavy atom. The second-order valence-electron chi connectivity index (χ2n) is 5.56. The molecule has 0 spiro atoms. The minimum atomic E-state index is 0.303. The molecule has 1 heterocycles. The Hall–Kier alpha value is -1.90. The summed E-state index contributed by atoms with van der Waals surface area (Å²) in [5.41, 5.74) is 3.72. The smallest absolute Gasteiger partial charge is 0.153 e. The quantitative estimate of drug-likeness (QED) is 0.752. The molecular weight excluding hydrogens is 248 g/mol. The van der Waals surface area contributed by atoms with E-state index in [0.29, 0.717) is 17.5 Å². The largest absolute Gasteiger partial charge is 0.298 e. The Morgan fingerprint density at radius 3 is 2.35 bits per heavy atom. The maximum Gasteiger partial charge on any atom is 0.153 e. The number of aromatic nitrogens is 2. The monoisotopic (exact) mass is 270 g/mol. The summed E-state index contributed by atoms with van der Waals surface area (Å²) in [5, 5.41) is 4.58. The highest BCUT2D eigenvalue weighted by Gasteiger charge is 2.13. The van der Waals surface area contributed by atoms with E-state index in [4.69, 9.17) is 0 Å². The normalized spacial score (nSPS) is 12.7. The van der Waals surface area contributed by atoms with Crippen molar-refractivity contribution in [3.63, 3.8) is 0 Å². The number of rotatable bonds is 5. The lowest BCUT2D eigenvalue weighted by molar-refractivity contribution is 0.112. The zero-order valence-electron chi connectivity index (χ0n) is 12.6. The number of benzene rings is 1. The molecule has 2 aromatic rings. The summed E-state index contributed by atoms with van der Waals surface area (Å²) in [6, 6.07) is 8.61. The first-order valence-corrected chi connectivity index (χ1v) is 7.21. The summed E-state index contributed by atoms with van der Waals surface area (Å²) in [4.78, 5) is 11.2. The van der Waals surface area contributed by atoms with Crippen molar-refractivity contribution >= 4 is 6.29 Å². The van der Waals surface area contributed by atoms with Crippen LogP contribution in [0.4, 0.5) is 0 Å². The van der Waals surface area contributed by atoms with Crippen LogP contribution in [0.3, 0.4) is 0 Å². The van der Waals surface area contributed by atoms with Crippen molar-refractivity contribution in [2.75, 3.05) is 0 Å². The molecule has 0 bridgehead atoms. The third kappa shape index (κ3) is 2.82. The molecule has 1 atom stereocenters. The number of aldehydes is 1. The molecule has 3 nitrogen and oxygen atoms in total. The van der Waals surface area contributed by atoms with Gasteiger partial charge < -0.3 is 0 Å². The van der Waals surface area contributed by atoms with Crippen molar-refractivity contribution in [1.29, 1.82) is 0 Å². The predicted molar refractivity (Wildman–Crippen MR) is 82.1 cm³/mol. The lowest BCUT2D eigenvalue weighted by Crippen LogP contribution is -2.04. The van der Waals surface area contributed by atoms with Gasteiger partial charge in [-0.05, 0) is 24.8 Å². The Bertz CT molecular complexity index is 582. The van der Waals surface area contributed by atoms with E-state index in [1.54, 1.807) is 0 Å². The minimum Gasteiger partial charge on any atom is -0.298 e. The van der Waals surface area contributed by atoms with Gasteiger partial charge in [0.15, 0.2) is 6.29 Å². The zero-order valence-corrected chi connectivity index (χ0v) is 12.6. The van der Waals surface area contributed by atoms with E-state index in [0.717, 1.165) is 24.0 Å². The van der Waals surface area contributed by atoms with Crippen molar-refractivity contribution < 1.29 is 4.79 Å². The second kappa shape index (κ2) is 6.04. The van der Waals surface area contributed by atoms with E-state index in [1.807, 2.05) is 23.0 Å². The Morgan fingerprint density at radius 2 is 1.85 bits per heavy atom. The summed E-state index contributed by atoms with van der Waals surface area (Å²) in [5.74, 6) is 0.507. The fourth-order valence-corrected chi connectivity index (χ4v) is 2.16. The lowest BCUT2D eigenvalue weighted by Gasteiger charge is -2.08. The fourth-order valence-electron chi connectivity index (χ4n) is 2.16. The molecule has 0 fully saturated rings. The van der Waals surface area contributed by atoms with E-state index >= 15 is 0 Å². The summed E-state index contributed by atoms with van der Waals surface area (Å²) in [6.07, 6.45) is 3.72. The van der Waals surface area contributed by atoms with Crippen LogP contribution < -0.4 is 0 Å². The predicted octanol–water partition coefficient (Wildman–Crippen LogP) is 4.46. The van der Waals surface area contributed by atoms with Crippen molar-refractivity contribution in [2.24, 2.45) is 0 Å². The first-order valence-electron chi connectivity index (χ1n) is 7.21. The molecule has 1 aromatic heterocycles. The molecule has 106 valence electrons. The molecule has 3 heteroatoms. The van der Waals surface area contributed by atoms with Gasteiger partial charge in [-0.1, -0.05) is 45.0 Å². The van der Waals surface area contributed by atoms with E-state index in [9.17, 15) is 4.79 Å². The van der Waals surface area contributed by atoms with Crippen LogP contribution in [-0.4, -0.2) is 16.1 Å². The average molecular weight is 270 g/mol. The van der Waals surface area contributed by atoms with Crippen LogP contribution >= 0.6 is 0 Å². The zero-order chi connectivity index (χ0) is 14.7.